The first-order valence-corrected chi connectivity index (χ1v) is 6.44. The van der Waals surface area contributed by atoms with Crippen molar-refractivity contribution in [2.24, 2.45) is 0 Å². The number of hydrogen-bond donors (Lipinski definition) is 1. The summed E-state index contributed by atoms with van der Waals surface area (Å²) in [6.45, 7) is 4.02. The van der Waals surface area contributed by atoms with Crippen molar-refractivity contribution in [1.29, 1.82) is 0 Å². The Hall–Kier alpha value is -2.57. The smallest absolute Gasteiger partial charge is 0.412 e. The van der Waals surface area contributed by atoms with Crippen LogP contribution in [0.15, 0.2) is 35.2 Å². The summed E-state index contributed by atoms with van der Waals surface area (Å²) in [5, 5.41) is 8.88. The van der Waals surface area contributed by atoms with Crippen molar-refractivity contribution in [3.63, 3.8) is 0 Å². The maximum atomic E-state index is 11.2. The lowest BCUT2D eigenvalue weighted by atomic mass is 10.0. The average molecular weight is 291 g/mol. The third-order valence-corrected chi connectivity index (χ3v) is 2.74. The van der Waals surface area contributed by atoms with E-state index in [4.69, 9.17) is 9.47 Å². The lowest BCUT2D eigenvalue weighted by Gasteiger charge is -2.17. The van der Waals surface area contributed by atoms with Gasteiger partial charge >= 0.3 is 6.09 Å². The van der Waals surface area contributed by atoms with Crippen molar-refractivity contribution in [2.45, 2.75) is 25.9 Å². The summed E-state index contributed by atoms with van der Waals surface area (Å²) in [4.78, 5) is 11.2. The quantitative estimate of drug-likeness (QED) is 0.866. The van der Waals surface area contributed by atoms with Gasteiger partial charge in [0.2, 0.25) is 0 Å². The van der Waals surface area contributed by atoms with E-state index >= 15 is 0 Å². The van der Waals surface area contributed by atoms with Crippen LogP contribution in [0, 0.1) is 0 Å². The molecular weight excluding hydrogens is 274 g/mol. The van der Waals surface area contributed by atoms with Crippen molar-refractivity contribution in [1.82, 2.24) is 15.6 Å². The zero-order chi connectivity index (χ0) is 15.3. The van der Waals surface area contributed by atoms with Crippen molar-refractivity contribution >= 4 is 6.09 Å². The number of fused-ring (bicyclic) bond motifs is 1. The van der Waals surface area contributed by atoms with Crippen molar-refractivity contribution in [2.75, 3.05) is 7.05 Å². The van der Waals surface area contributed by atoms with Crippen LogP contribution in [0.5, 0.6) is 11.5 Å². The van der Waals surface area contributed by atoms with Gasteiger partial charge < -0.3 is 14.8 Å². The number of aromatic nitrogens is 2. The molecule has 1 aliphatic rings. The second-order valence-electron chi connectivity index (χ2n) is 5.01. The van der Waals surface area contributed by atoms with Crippen LogP contribution in [0.25, 0.3) is 0 Å². The minimum Gasteiger partial charge on any atom is -0.483 e. The van der Waals surface area contributed by atoms with E-state index in [1.54, 1.807) is 6.07 Å². The van der Waals surface area contributed by atoms with Gasteiger partial charge in [-0.25, -0.2) is 9.42 Å². The summed E-state index contributed by atoms with van der Waals surface area (Å²) in [5.41, 5.74) is 0.844. The second-order valence-corrected chi connectivity index (χ2v) is 5.01. The largest absolute Gasteiger partial charge is 0.483 e. The molecule has 2 heterocycles. The number of hydrogen-bond acceptors (Lipinski definition) is 6. The predicted octanol–water partition coefficient (Wildman–Crippen LogP) is 2.19. The number of nitrogens with zero attached hydrogens (tertiary/aromatic N) is 2. The van der Waals surface area contributed by atoms with Gasteiger partial charge in [0.05, 0.1) is 12.4 Å². The molecule has 0 unspecified atom stereocenters. The van der Waals surface area contributed by atoms with Crippen LogP contribution < -0.4 is 14.8 Å². The molecule has 21 heavy (non-hydrogen) atoms. The Bertz CT molecular complexity index is 579. The number of carbonyl (C=O) groups is 1. The number of rotatable bonds is 1. The molecule has 7 heteroatoms. The molecule has 1 N–H and O–H groups in total. The maximum Gasteiger partial charge on any atom is 0.412 e. The van der Waals surface area contributed by atoms with E-state index in [0.717, 1.165) is 12.0 Å². The first kappa shape index (κ1) is 14.8. The maximum absolute atomic E-state index is 11.2. The first-order chi connectivity index (χ1) is 10.0. The van der Waals surface area contributed by atoms with E-state index in [-0.39, 0.29) is 5.60 Å². The van der Waals surface area contributed by atoms with Crippen LogP contribution in [0.2, 0.25) is 0 Å². The number of ether oxygens (including phenoxy) is 2. The molecule has 0 aliphatic carbocycles. The van der Waals surface area contributed by atoms with Crippen LogP contribution in [0.3, 0.4) is 0 Å². The van der Waals surface area contributed by atoms with Gasteiger partial charge in [-0.15, -0.1) is 0 Å². The standard InChI is InChI=1S/C12H15NO3.C2H2N2O/c1-12(2)7-8-5-4-6-9(10(8)16-12)15-11(14)13-3;1-2-4-5-3-1/h4-6H,7H2,1-3H3,(H,13,14);1-2H. The molecule has 1 aromatic heterocycles. The second kappa shape index (κ2) is 6.25. The molecule has 0 saturated heterocycles. The van der Waals surface area contributed by atoms with Crippen molar-refractivity contribution < 1.29 is 18.9 Å². The minimum atomic E-state index is -0.485. The third-order valence-electron chi connectivity index (χ3n) is 2.74. The monoisotopic (exact) mass is 291 g/mol. The van der Waals surface area contributed by atoms with E-state index in [1.807, 2.05) is 26.0 Å². The first-order valence-electron chi connectivity index (χ1n) is 6.44. The van der Waals surface area contributed by atoms with Gasteiger partial charge in [-0.2, -0.15) is 0 Å². The van der Waals surface area contributed by atoms with Gasteiger partial charge in [-0.1, -0.05) is 22.4 Å². The highest BCUT2D eigenvalue weighted by Gasteiger charge is 2.32. The predicted molar refractivity (Wildman–Crippen MR) is 74.2 cm³/mol. The molecule has 1 aliphatic heterocycles. The molecule has 2 aromatic rings. The molecule has 0 spiro atoms. The Morgan fingerprint density at radius 3 is 2.62 bits per heavy atom. The average Bonchev–Trinajstić information content (AvgIpc) is 3.08. The topological polar surface area (TPSA) is 86.5 Å². The Morgan fingerprint density at radius 2 is 2.05 bits per heavy atom. The summed E-state index contributed by atoms with van der Waals surface area (Å²) in [7, 11) is 1.52. The fourth-order valence-corrected chi connectivity index (χ4v) is 1.95. The molecule has 0 atom stereocenters. The summed E-state index contributed by atoms with van der Waals surface area (Å²) in [6.07, 6.45) is 3.29. The summed E-state index contributed by atoms with van der Waals surface area (Å²) in [5.74, 6) is 1.15. The minimum absolute atomic E-state index is 0.232. The van der Waals surface area contributed by atoms with Crippen molar-refractivity contribution in [3.05, 3.63) is 36.2 Å². The zero-order valence-corrected chi connectivity index (χ0v) is 12.1. The molecule has 3 rings (SSSR count). The Kier molecular flexibility index (Phi) is 4.42. The molecule has 1 aromatic carbocycles. The number of benzene rings is 1. The summed E-state index contributed by atoms with van der Waals surface area (Å²) < 4.78 is 15.0. The van der Waals surface area contributed by atoms with Crippen LogP contribution >= 0.6 is 0 Å². The van der Waals surface area contributed by atoms with Crippen LogP contribution in [-0.2, 0) is 6.42 Å². The van der Waals surface area contributed by atoms with Gasteiger partial charge in [0.15, 0.2) is 11.5 Å². The number of carbonyl (C=O) groups excluding carboxylic acids is 1. The van der Waals surface area contributed by atoms with E-state index in [2.05, 4.69) is 20.3 Å². The van der Waals surface area contributed by atoms with Gasteiger partial charge in [-0.05, 0) is 19.9 Å². The number of para-hydroxylation sites is 1. The molecule has 0 saturated carbocycles. The number of nitrogens with one attached hydrogen (secondary N) is 1. The normalized spacial score (nSPS) is 14.2. The van der Waals surface area contributed by atoms with E-state index in [9.17, 15) is 4.79 Å². The fourth-order valence-electron chi connectivity index (χ4n) is 1.95. The van der Waals surface area contributed by atoms with Crippen LogP contribution in [0.4, 0.5) is 4.79 Å². The molecule has 0 radical (unpaired) electrons. The molecule has 112 valence electrons. The molecule has 0 fully saturated rings. The Balaban J connectivity index is 0.000000272. The highest BCUT2D eigenvalue weighted by atomic mass is 16.6. The molecular formula is C14H17N3O4. The Morgan fingerprint density at radius 1 is 1.33 bits per heavy atom. The van der Waals surface area contributed by atoms with Gasteiger partial charge in [0.25, 0.3) is 0 Å². The fraction of sp³-hybridized carbons (Fsp3) is 0.357. The van der Waals surface area contributed by atoms with Crippen molar-refractivity contribution in [3.8, 4) is 11.5 Å². The van der Waals surface area contributed by atoms with Crippen LogP contribution in [0.1, 0.15) is 19.4 Å². The molecule has 7 nitrogen and oxygen atoms in total. The third kappa shape index (κ3) is 3.95. The van der Waals surface area contributed by atoms with Gasteiger partial charge in [0, 0.05) is 19.0 Å². The summed E-state index contributed by atoms with van der Waals surface area (Å²) in [6, 6.07) is 5.58. The highest BCUT2D eigenvalue weighted by molar-refractivity contribution is 5.71. The van der Waals surface area contributed by atoms with E-state index in [1.165, 1.54) is 19.4 Å². The lowest BCUT2D eigenvalue weighted by molar-refractivity contribution is 0.133. The van der Waals surface area contributed by atoms with E-state index < -0.39 is 6.09 Å². The zero-order valence-electron chi connectivity index (χ0n) is 12.1. The van der Waals surface area contributed by atoms with E-state index in [0.29, 0.717) is 11.5 Å². The molecule has 0 bridgehead atoms. The lowest BCUT2D eigenvalue weighted by Crippen LogP contribution is -2.25. The van der Waals surface area contributed by atoms with Gasteiger partial charge in [0.1, 0.15) is 5.60 Å². The summed E-state index contributed by atoms with van der Waals surface area (Å²) >= 11 is 0. The Labute approximate surface area is 122 Å². The van der Waals surface area contributed by atoms with Gasteiger partial charge in [-0.3, -0.25) is 0 Å². The SMILES string of the molecule is CNC(=O)Oc1cccc2c1OC(C)(C)C2.c1cnon1. The molecule has 1 amide bonds. The highest BCUT2D eigenvalue weighted by Crippen LogP contribution is 2.41. The number of amides is 1. The van der Waals surface area contributed by atoms with Crippen LogP contribution in [-0.4, -0.2) is 29.1 Å².